The molecule has 3 unspecified atom stereocenters. The number of benzene rings is 2. The molecular weight excluding hydrogens is 471 g/mol. The third-order valence-electron chi connectivity index (χ3n) is 7.66. The third-order valence-corrected chi connectivity index (χ3v) is 7.66. The molecule has 196 valence electrons. The third kappa shape index (κ3) is 4.85. The van der Waals surface area contributed by atoms with Crippen molar-refractivity contribution >= 4 is 11.7 Å². The highest BCUT2D eigenvalue weighted by atomic mass is 19.2. The Hall–Kier alpha value is -2.94. The molecule has 2 aromatic carbocycles. The summed E-state index contributed by atoms with van der Waals surface area (Å²) in [5.41, 5.74) is 0.870. The maximum Gasteiger partial charge on any atom is 0.319 e. The summed E-state index contributed by atoms with van der Waals surface area (Å²) in [4.78, 5) is 15.2. The van der Waals surface area contributed by atoms with Crippen LogP contribution in [0.2, 0.25) is 0 Å². The van der Waals surface area contributed by atoms with Gasteiger partial charge >= 0.3 is 6.03 Å². The van der Waals surface area contributed by atoms with Crippen LogP contribution in [-0.2, 0) is 5.41 Å². The molecule has 1 heterocycles. The Kier molecular flexibility index (Phi) is 7.14. The van der Waals surface area contributed by atoms with Gasteiger partial charge in [-0.05, 0) is 70.7 Å². The lowest BCUT2D eigenvalue weighted by Gasteiger charge is -2.48. The van der Waals surface area contributed by atoms with Gasteiger partial charge in [-0.15, -0.1) is 0 Å². The Bertz CT molecular complexity index is 1110. The van der Waals surface area contributed by atoms with Gasteiger partial charge in [0.25, 0.3) is 0 Å². The summed E-state index contributed by atoms with van der Waals surface area (Å²) in [7, 11) is 3.25. The predicted molar refractivity (Wildman–Crippen MR) is 132 cm³/mol. The van der Waals surface area contributed by atoms with Gasteiger partial charge in [0, 0.05) is 40.9 Å². The van der Waals surface area contributed by atoms with Crippen molar-refractivity contribution in [1.82, 2.24) is 10.2 Å². The van der Waals surface area contributed by atoms with E-state index < -0.39 is 23.5 Å². The Balaban J connectivity index is 1.56. The average molecular weight is 506 g/mol. The minimum Gasteiger partial charge on any atom is -0.493 e. The summed E-state index contributed by atoms with van der Waals surface area (Å²) >= 11 is 0. The van der Waals surface area contributed by atoms with Crippen molar-refractivity contribution < 1.29 is 27.4 Å². The van der Waals surface area contributed by atoms with Gasteiger partial charge in [0.2, 0.25) is 0 Å². The lowest BCUT2D eigenvalue weighted by atomic mass is 9.64. The highest BCUT2D eigenvalue weighted by Crippen LogP contribution is 2.52. The number of carbonyl (C=O) groups excluding carboxylic acids is 1. The second kappa shape index (κ2) is 9.84. The maximum atomic E-state index is 13.5. The van der Waals surface area contributed by atoms with E-state index in [1.807, 2.05) is 6.07 Å². The van der Waals surface area contributed by atoms with Crippen LogP contribution in [0.15, 0.2) is 30.3 Å². The second-order valence-electron chi connectivity index (χ2n) is 10.7. The van der Waals surface area contributed by atoms with Crippen LogP contribution in [0.25, 0.3) is 0 Å². The molecular formula is C27H34F3N3O3. The average Bonchev–Trinajstić information content (AvgIpc) is 3.22. The van der Waals surface area contributed by atoms with Gasteiger partial charge in [-0.2, -0.15) is 0 Å². The number of ether oxygens (including phenoxy) is 2. The molecule has 2 aliphatic rings. The number of likely N-dealkylation sites (tertiary alicyclic amines) is 1. The zero-order valence-corrected chi connectivity index (χ0v) is 21.4. The number of nitrogens with one attached hydrogen (secondary N) is 2. The molecule has 36 heavy (non-hydrogen) atoms. The van der Waals surface area contributed by atoms with Crippen molar-refractivity contribution in [2.75, 3.05) is 26.1 Å². The van der Waals surface area contributed by atoms with Crippen LogP contribution in [0.5, 0.6) is 11.5 Å². The zero-order valence-electron chi connectivity index (χ0n) is 21.4. The molecule has 0 spiro atoms. The number of anilines is 1. The first-order chi connectivity index (χ1) is 17.0. The van der Waals surface area contributed by atoms with Gasteiger partial charge in [0.15, 0.2) is 29.0 Å². The molecule has 2 fully saturated rings. The molecule has 0 aromatic heterocycles. The van der Waals surface area contributed by atoms with Gasteiger partial charge in [0.05, 0.1) is 14.2 Å². The highest BCUT2D eigenvalue weighted by Gasteiger charge is 2.54. The van der Waals surface area contributed by atoms with Gasteiger partial charge in [-0.25, -0.2) is 18.0 Å². The number of urea groups is 1. The number of halogens is 3. The second-order valence-corrected chi connectivity index (χ2v) is 10.7. The van der Waals surface area contributed by atoms with E-state index in [1.54, 1.807) is 14.2 Å². The molecule has 2 N–H and O–H groups in total. The van der Waals surface area contributed by atoms with Crippen LogP contribution in [0.3, 0.4) is 0 Å². The molecule has 9 heteroatoms. The number of carbonyl (C=O) groups is 1. The highest BCUT2D eigenvalue weighted by molar-refractivity contribution is 5.89. The monoisotopic (exact) mass is 505 g/mol. The first-order valence-electron chi connectivity index (χ1n) is 12.2. The summed E-state index contributed by atoms with van der Waals surface area (Å²) < 4.78 is 51.4. The lowest BCUT2D eigenvalue weighted by molar-refractivity contribution is 0.0655. The van der Waals surface area contributed by atoms with E-state index in [9.17, 15) is 18.0 Å². The van der Waals surface area contributed by atoms with Crippen molar-refractivity contribution in [1.29, 1.82) is 0 Å². The summed E-state index contributed by atoms with van der Waals surface area (Å²) in [5.74, 6) is -2.90. The van der Waals surface area contributed by atoms with Crippen LogP contribution in [0.1, 0.15) is 52.0 Å². The predicted octanol–water partition coefficient (Wildman–Crippen LogP) is 5.61. The number of nitrogens with zero attached hydrogens (tertiary/aromatic N) is 1. The molecule has 1 aliphatic carbocycles. The Morgan fingerprint density at radius 1 is 1.03 bits per heavy atom. The maximum absolute atomic E-state index is 13.5. The van der Waals surface area contributed by atoms with Crippen molar-refractivity contribution in [3.63, 3.8) is 0 Å². The van der Waals surface area contributed by atoms with E-state index in [4.69, 9.17) is 9.47 Å². The quantitative estimate of drug-likeness (QED) is 0.519. The number of fused-ring (bicyclic) bond motifs is 1. The van der Waals surface area contributed by atoms with Crippen LogP contribution in [0, 0.1) is 17.5 Å². The molecule has 2 aromatic rings. The van der Waals surface area contributed by atoms with Crippen LogP contribution in [0.4, 0.5) is 23.7 Å². The number of hydrogen-bond acceptors (Lipinski definition) is 4. The number of methoxy groups -OCH3 is 2. The molecule has 2 amide bonds. The van der Waals surface area contributed by atoms with Crippen LogP contribution >= 0.6 is 0 Å². The Morgan fingerprint density at radius 3 is 2.31 bits per heavy atom. The summed E-state index contributed by atoms with van der Waals surface area (Å²) in [6, 6.07) is 7.09. The molecule has 1 aliphatic heterocycles. The van der Waals surface area contributed by atoms with E-state index in [-0.39, 0.29) is 28.7 Å². The summed E-state index contributed by atoms with van der Waals surface area (Å²) in [5, 5.41) is 5.38. The minimum absolute atomic E-state index is 0.0731. The van der Waals surface area contributed by atoms with E-state index in [1.165, 1.54) is 5.56 Å². The number of amides is 2. The smallest absolute Gasteiger partial charge is 0.319 e. The SMILES string of the molecule is COc1ccc(C23CCC(NC(=O)Nc4cc(F)c(F)c(F)c4)CC2N(C(C)(C)C)CC3)cc1OC. The topological polar surface area (TPSA) is 62.8 Å². The molecule has 6 nitrogen and oxygen atoms in total. The minimum atomic E-state index is -1.57. The Morgan fingerprint density at radius 2 is 1.69 bits per heavy atom. The fraction of sp³-hybridized carbons (Fsp3) is 0.519. The van der Waals surface area contributed by atoms with Crippen molar-refractivity contribution in [3.05, 3.63) is 53.3 Å². The first-order valence-corrected chi connectivity index (χ1v) is 12.2. The first kappa shape index (κ1) is 26.1. The van der Waals surface area contributed by atoms with Gasteiger partial charge in [-0.1, -0.05) is 6.07 Å². The van der Waals surface area contributed by atoms with E-state index in [0.29, 0.717) is 17.9 Å². The molecule has 3 atom stereocenters. The molecule has 1 saturated carbocycles. The fourth-order valence-corrected chi connectivity index (χ4v) is 5.95. The number of rotatable bonds is 5. The van der Waals surface area contributed by atoms with Crippen molar-refractivity contribution in [2.45, 2.75) is 69.5 Å². The van der Waals surface area contributed by atoms with Gasteiger partial charge in [-0.3, -0.25) is 4.90 Å². The fourth-order valence-electron chi connectivity index (χ4n) is 5.95. The van der Waals surface area contributed by atoms with Gasteiger partial charge < -0.3 is 20.1 Å². The van der Waals surface area contributed by atoms with E-state index >= 15 is 0 Å². The normalized spacial score (nSPS) is 24.2. The largest absolute Gasteiger partial charge is 0.493 e. The zero-order chi connectivity index (χ0) is 26.3. The van der Waals surface area contributed by atoms with Crippen LogP contribution < -0.4 is 20.1 Å². The van der Waals surface area contributed by atoms with E-state index in [0.717, 1.165) is 37.9 Å². The molecule has 0 radical (unpaired) electrons. The molecule has 1 saturated heterocycles. The van der Waals surface area contributed by atoms with Crippen molar-refractivity contribution in [2.24, 2.45) is 0 Å². The van der Waals surface area contributed by atoms with E-state index in [2.05, 4.69) is 48.4 Å². The summed E-state index contributed by atoms with van der Waals surface area (Å²) in [6.45, 7) is 7.51. The Labute approximate surface area is 210 Å². The van der Waals surface area contributed by atoms with Gasteiger partial charge in [0.1, 0.15) is 0 Å². The van der Waals surface area contributed by atoms with Crippen LogP contribution in [-0.4, -0.2) is 49.3 Å². The molecule has 0 bridgehead atoms. The summed E-state index contributed by atoms with van der Waals surface area (Å²) in [6.07, 6.45) is 3.29. The lowest BCUT2D eigenvalue weighted by Crippen LogP contribution is -2.56. The molecule has 4 rings (SSSR count). The number of hydrogen-bond donors (Lipinski definition) is 2. The standard InChI is InChI=1S/C27H34F3N3O3/c1-26(2,3)33-11-10-27(16-6-7-21(35-4)22(12-16)36-5)9-8-17(15-23(27)33)31-25(34)32-18-13-19(28)24(30)20(29)14-18/h6-7,12-14,17,23H,8-11,15H2,1-5H3,(H2,31,32,34). The van der Waals surface area contributed by atoms with Crippen molar-refractivity contribution in [3.8, 4) is 11.5 Å².